The number of anilines is 1. The molecule has 1 aliphatic rings. The largest absolute Gasteiger partial charge is 0.507 e. The highest BCUT2D eigenvalue weighted by atomic mass is 19.1. The summed E-state index contributed by atoms with van der Waals surface area (Å²) in [4.78, 5) is 23.1. The molecular weight excluding hydrogens is 415 g/mol. The lowest BCUT2D eigenvalue weighted by Gasteiger charge is -2.20. The third-order valence-corrected chi connectivity index (χ3v) is 5.42. The summed E-state index contributed by atoms with van der Waals surface area (Å²) in [6, 6.07) is 11.3. The van der Waals surface area contributed by atoms with Gasteiger partial charge in [-0.15, -0.1) is 0 Å². The quantitative estimate of drug-likeness (QED) is 0.535. The zero-order valence-corrected chi connectivity index (χ0v) is 17.8. The molecule has 172 valence electrons. The van der Waals surface area contributed by atoms with E-state index in [2.05, 4.69) is 15.2 Å². The van der Waals surface area contributed by atoms with Crippen molar-refractivity contribution in [1.29, 1.82) is 0 Å². The predicted molar refractivity (Wildman–Crippen MR) is 122 cm³/mol. The topological polar surface area (TPSA) is 96.8 Å². The van der Waals surface area contributed by atoms with E-state index in [0.29, 0.717) is 54.3 Å². The Hall–Kier alpha value is -3.46. The van der Waals surface area contributed by atoms with Gasteiger partial charge < -0.3 is 24.8 Å². The molecule has 3 aromatic rings. The first-order chi connectivity index (χ1) is 15.5. The van der Waals surface area contributed by atoms with E-state index in [1.54, 1.807) is 37.4 Å². The zero-order chi connectivity index (χ0) is 22.5. The number of amides is 1. The summed E-state index contributed by atoms with van der Waals surface area (Å²) in [7, 11) is 1.54. The Balaban J connectivity index is 0.00000204. The second kappa shape index (κ2) is 9.78. The van der Waals surface area contributed by atoms with Gasteiger partial charge >= 0.3 is 6.09 Å². The van der Waals surface area contributed by atoms with Gasteiger partial charge in [-0.25, -0.2) is 19.2 Å². The molecule has 1 saturated heterocycles. The van der Waals surface area contributed by atoms with E-state index in [0.717, 1.165) is 6.42 Å². The van der Waals surface area contributed by atoms with Crippen LogP contribution in [0.15, 0.2) is 42.5 Å². The van der Waals surface area contributed by atoms with Crippen LogP contribution in [-0.4, -0.2) is 61.1 Å². The zero-order valence-electron chi connectivity index (χ0n) is 17.8. The van der Waals surface area contributed by atoms with Gasteiger partial charge in [-0.05, 0) is 42.7 Å². The smallest absolute Gasteiger partial charge is 0.407 e. The van der Waals surface area contributed by atoms with Gasteiger partial charge in [0.25, 0.3) is 0 Å². The summed E-state index contributed by atoms with van der Waals surface area (Å²) in [5.74, 6) is 0.889. The number of hydrogen-bond donors (Lipinski definition) is 2. The van der Waals surface area contributed by atoms with Crippen molar-refractivity contribution >= 4 is 22.8 Å². The van der Waals surface area contributed by atoms with Crippen LogP contribution in [0.2, 0.25) is 0 Å². The minimum atomic E-state index is -0.475. The maximum Gasteiger partial charge on any atom is 0.407 e. The summed E-state index contributed by atoms with van der Waals surface area (Å²) in [5.41, 5.74) is 1.11. The Morgan fingerprint density at radius 3 is 2.94 bits per heavy atom. The molecule has 1 aromatic heterocycles. The molecule has 1 fully saturated rings. The molecular formula is C23H29FN4O4. The molecule has 0 aliphatic carbocycles. The number of fused-ring (bicyclic) bond motifs is 1. The minimum Gasteiger partial charge on any atom is -0.507 e. The molecule has 1 amide bonds. The number of ether oxygens (including phenoxy) is 2. The van der Waals surface area contributed by atoms with Gasteiger partial charge in [0.2, 0.25) is 0 Å². The number of para-hydroxylation sites is 1. The maximum atomic E-state index is 14.0. The number of alkyl carbamates (subject to hydrolysis) is 1. The van der Waals surface area contributed by atoms with E-state index < -0.39 is 6.09 Å². The predicted octanol–water partition coefficient (Wildman–Crippen LogP) is 3.83. The molecule has 2 aromatic carbocycles. The van der Waals surface area contributed by atoms with Crippen molar-refractivity contribution in [3.8, 4) is 17.1 Å². The van der Waals surface area contributed by atoms with Crippen LogP contribution in [0.1, 0.15) is 9.27 Å². The summed E-state index contributed by atoms with van der Waals surface area (Å²) < 4.78 is 23.9. The number of halogens is 1. The van der Waals surface area contributed by atoms with E-state index >= 15 is 0 Å². The Kier molecular flexibility index (Phi) is 6.65. The average molecular weight is 445 g/mol. The van der Waals surface area contributed by atoms with Crippen molar-refractivity contribution in [3.05, 3.63) is 48.3 Å². The van der Waals surface area contributed by atoms with Crippen LogP contribution >= 0.6 is 0 Å². The van der Waals surface area contributed by atoms with Crippen molar-refractivity contribution in [3.63, 3.8) is 0 Å². The van der Waals surface area contributed by atoms with Crippen molar-refractivity contribution in [2.24, 2.45) is 5.92 Å². The van der Waals surface area contributed by atoms with Crippen molar-refractivity contribution < 1.29 is 26.6 Å². The molecule has 2 heterocycles. The molecule has 8 nitrogen and oxygen atoms in total. The molecule has 1 aliphatic heterocycles. The monoisotopic (exact) mass is 444 g/mol. The van der Waals surface area contributed by atoms with Crippen LogP contribution in [0.4, 0.5) is 15.0 Å². The normalized spacial score (nSPS) is 15.8. The summed E-state index contributed by atoms with van der Waals surface area (Å²) >= 11 is 0. The molecule has 2 N–H and O–H groups in total. The SMILES string of the molecule is COCCOC(=O)NC[C@@H]1CCN(c2nc(-c3ccccc3O)nc3ccc(F)cc23)C1.[HH].[HH]. The number of nitrogens with one attached hydrogen (secondary N) is 1. The number of aromatic hydroxyl groups is 1. The first-order valence-electron chi connectivity index (χ1n) is 10.5. The van der Waals surface area contributed by atoms with Gasteiger partial charge in [-0.1, -0.05) is 12.1 Å². The third-order valence-electron chi connectivity index (χ3n) is 5.42. The molecule has 1 atom stereocenters. The summed E-state index contributed by atoms with van der Waals surface area (Å²) in [5, 5.41) is 13.6. The van der Waals surface area contributed by atoms with Crippen LogP contribution in [0.25, 0.3) is 22.3 Å². The first-order valence-corrected chi connectivity index (χ1v) is 10.5. The maximum absolute atomic E-state index is 14.0. The van der Waals surface area contributed by atoms with Crippen LogP contribution in [-0.2, 0) is 9.47 Å². The first kappa shape index (κ1) is 21.8. The van der Waals surface area contributed by atoms with Crippen LogP contribution < -0.4 is 10.2 Å². The van der Waals surface area contributed by atoms with Gasteiger partial charge in [-0.3, -0.25) is 0 Å². The highest BCUT2D eigenvalue weighted by Gasteiger charge is 2.26. The highest BCUT2D eigenvalue weighted by Crippen LogP contribution is 2.33. The van der Waals surface area contributed by atoms with E-state index in [9.17, 15) is 14.3 Å². The molecule has 0 bridgehead atoms. The van der Waals surface area contributed by atoms with Gasteiger partial charge in [0, 0.05) is 35.0 Å². The number of methoxy groups -OCH3 is 1. The number of carbonyl (C=O) groups is 1. The van der Waals surface area contributed by atoms with E-state index in [-0.39, 0.29) is 26.9 Å². The Morgan fingerprint density at radius 2 is 2.12 bits per heavy atom. The Labute approximate surface area is 188 Å². The lowest BCUT2D eigenvalue weighted by atomic mass is 10.1. The second-order valence-electron chi connectivity index (χ2n) is 7.66. The van der Waals surface area contributed by atoms with E-state index in [1.165, 1.54) is 12.1 Å². The number of phenols is 1. The van der Waals surface area contributed by atoms with Gasteiger partial charge in [0.15, 0.2) is 5.82 Å². The van der Waals surface area contributed by atoms with Gasteiger partial charge in [-0.2, -0.15) is 0 Å². The fourth-order valence-electron chi connectivity index (χ4n) is 3.80. The number of aromatic nitrogens is 2. The number of carbonyl (C=O) groups excluding carboxylic acids is 1. The molecule has 9 heteroatoms. The fraction of sp³-hybridized carbons (Fsp3) is 0.348. The molecule has 0 radical (unpaired) electrons. The minimum absolute atomic E-state index is 0. The second-order valence-corrected chi connectivity index (χ2v) is 7.66. The van der Waals surface area contributed by atoms with Crippen LogP contribution in [0.5, 0.6) is 5.75 Å². The fourth-order valence-corrected chi connectivity index (χ4v) is 3.80. The molecule has 0 spiro atoms. The van der Waals surface area contributed by atoms with Crippen LogP contribution in [0, 0.1) is 11.7 Å². The lowest BCUT2D eigenvalue weighted by molar-refractivity contribution is 0.0979. The summed E-state index contributed by atoms with van der Waals surface area (Å²) in [6.45, 7) is 2.36. The lowest BCUT2D eigenvalue weighted by Crippen LogP contribution is -2.32. The van der Waals surface area contributed by atoms with Crippen molar-refractivity contribution in [2.75, 3.05) is 44.9 Å². The van der Waals surface area contributed by atoms with E-state index in [4.69, 9.17) is 14.5 Å². The highest BCUT2D eigenvalue weighted by molar-refractivity contribution is 5.91. The number of rotatable bonds is 7. The van der Waals surface area contributed by atoms with E-state index in [1.807, 2.05) is 0 Å². The number of benzene rings is 2. The third kappa shape index (κ3) is 4.88. The van der Waals surface area contributed by atoms with Crippen molar-refractivity contribution in [2.45, 2.75) is 6.42 Å². The Morgan fingerprint density at radius 1 is 1.28 bits per heavy atom. The molecule has 32 heavy (non-hydrogen) atoms. The number of nitrogens with zero attached hydrogens (tertiary/aromatic N) is 3. The molecule has 4 rings (SSSR count). The number of phenolic OH excluding ortho intramolecular Hbond substituents is 1. The van der Waals surface area contributed by atoms with Gasteiger partial charge in [0.05, 0.1) is 17.7 Å². The molecule has 0 unspecified atom stereocenters. The Bertz CT molecular complexity index is 1120. The standard InChI is InChI=1S/C23H25FN4O4.2H2/c1-31-10-11-32-23(30)25-13-15-8-9-28(14-15)22-18-12-16(24)6-7-19(18)26-21(27-22)17-4-2-3-5-20(17)29;;/h2-7,12,15,29H,8-11,13-14H2,1H3,(H,25,30);2*1H/t15-;;/m0../s1. The molecule has 0 saturated carbocycles. The average Bonchev–Trinajstić information content (AvgIpc) is 3.26. The van der Waals surface area contributed by atoms with Gasteiger partial charge in [0.1, 0.15) is 24.0 Å². The summed E-state index contributed by atoms with van der Waals surface area (Å²) in [6.07, 6.45) is 0.363. The van der Waals surface area contributed by atoms with Crippen molar-refractivity contribution in [1.82, 2.24) is 15.3 Å². The van der Waals surface area contributed by atoms with Crippen LogP contribution in [0.3, 0.4) is 0 Å². The number of hydrogen-bond acceptors (Lipinski definition) is 7.